The summed E-state index contributed by atoms with van der Waals surface area (Å²) in [6, 6.07) is 10.8. The Morgan fingerprint density at radius 1 is 1.19 bits per heavy atom. The molecule has 8 nitrogen and oxygen atoms in total. The van der Waals surface area contributed by atoms with Gasteiger partial charge in [0, 0.05) is 36.0 Å². The molecule has 6 rings (SSSR count). The third kappa shape index (κ3) is 4.12. The van der Waals surface area contributed by atoms with E-state index in [1.54, 1.807) is 27.7 Å². The summed E-state index contributed by atoms with van der Waals surface area (Å²) >= 11 is 0. The highest BCUT2D eigenvalue weighted by atomic mass is 19.1. The molecule has 0 saturated heterocycles. The zero-order chi connectivity index (χ0) is 26.1. The van der Waals surface area contributed by atoms with Crippen molar-refractivity contribution in [1.82, 2.24) is 24.6 Å². The molecule has 3 heterocycles. The van der Waals surface area contributed by atoms with Crippen molar-refractivity contribution in [3.8, 4) is 5.69 Å². The number of nitrogens with zero attached hydrogens (tertiary/aromatic N) is 4. The Morgan fingerprint density at radius 3 is 2.70 bits per heavy atom. The van der Waals surface area contributed by atoms with Gasteiger partial charge in [0.05, 0.1) is 17.3 Å². The number of hydrogen-bond donors (Lipinski definition) is 3. The van der Waals surface area contributed by atoms with Crippen LogP contribution >= 0.6 is 0 Å². The van der Waals surface area contributed by atoms with E-state index in [0.29, 0.717) is 22.7 Å². The van der Waals surface area contributed by atoms with Gasteiger partial charge >= 0.3 is 0 Å². The summed E-state index contributed by atoms with van der Waals surface area (Å²) in [5.74, 6) is -0.142. The van der Waals surface area contributed by atoms with E-state index < -0.39 is 11.4 Å². The molecule has 0 bridgehead atoms. The van der Waals surface area contributed by atoms with E-state index in [1.807, 2.05) is 6.07 Å². The Morgan fingerprint density at radius 2 is 1.97 bits per heavy atom. The SMILES string of the molecule is CC(C)(O)c1cc(-n2c3nc(Nc4ccc5c(c4)CNCC5(C)C)ncc3c(=O)n2C2CC2)ccc1F. The van der Waals surface area contributed by atoms with Crippen LogP contribution in [0.5, 0.6) is 0 Å². The van der Waals surface area contributed by atoms with Crippen molar-refractivity contribution < 1.29 is 9.50 Å². The van der Waals surface area contributed by atoms with Gasteiger partial charge in [-0.3, -0.25) is 4.79 Å². The lowest BCUT2D eigenvalue weighted by Gasteiger charge is -2.33. The predicted molar refractivity (Wildman–Crippen MR) is 141 cm³/mol. The van der Waals surface area contributed by atoms with Gasteiger partial charge in [-0.05, 0) is 68.1 Å². The molecule has 0 unspecified atom stereocenters. The first-order chi connectivity index (χ1) is 17.5. The van der Waals surface area contributed by atoms with E-state index in [1.165, 1.54) is 31.0 Å². The molecule has 37 heavy (non-hydrogen) atoms. The number of halogens is 1. The van der Waals surface area contributed by atoms with E-state index in [4.69, 9.17) is 4.98 Å². The van der Waals surface area contributed by atoms with Crippen LogP contribution in [0.2, 0.25) is 0 Å². The number of nitrogens with one attached hydrogen (secondary N) is 2. The molecule has 2 aromatic heterocycles. The number of fused-ring (bicyclic) bond motifs is 2. The lowest BCUT2D eigenvalue weighted by atomic mass is 9.79. The highest BCUT2D eigenvalue weighted by molar-refractivity contribution is 5.77. The first-order valence-electron chi connectivity index (χ1n) is 12.7. The van der Waals surface area contributed by atoms with Gasteiger partial charge in [-0.1, -0.05) is 19.9 Å². The fourth-order valence-corrected chi connectivity index (χ4v) is 5.28. The van der Waals surface area contributed by atoms with Gasteiger partial charge in [-0.15, -0.1) is 0 Å². The number of benzene rings is 2. The zero-order valence-corrected chi connectivity index (χ0v) is 21.5. The quantitative estimate of drug-likeness (QED) is 0.374. The van der Waals surface area contributed by atoms with E-state index in [2.05, 4.69) is 41.6 Å². The summed E-state index contributed by atoms with van der Waals surface area (Å²) in [4.78, 5) is 22.5. The fraction of sp³-hybridized carbons (Fsp3) is 0.393. The Kier molecular flexibility index (Phi) is 5.29. The van der Waals surface area contributed by atoms with Gasteiger partial charge in [0.25, 0.3) is 5.56 Å². The van der Waals surface area contributed by atoms with Crippen LogP contribution in [0.15, 0.2) is 47.4 Å². The lowest BCUT2D eigenvalue weighted by Crippen LogP contribution is -2.38. The van der Waals surface area contributed by atoms with Crippen molar-refractivity contribution in [3.05, 3.63) is 75.5 Å². The van der Waals surface area contributed by atoms with Crippen LogP contribution in [0.25, 0.3) is 16.7 Å². The second kappa shape index (κ2) is 8.22. The molecular formula is C28H31FN6O2. The zero-order valence-electron chi connectivity index (χ0n) is 21.5. The molecule has 0 radical (unpaired) electrons. The van der Waals surface area contributed by atoms with E-state index in [9.17, 15) is 14.3 Å². The van der Waals surface area contributed by atoms with Crippen molar-refractivity contribution in [3.63, 3.8) is 0 Å². The molecule has 192 valence electrons. The third-order valence-electron chi connectivity index (χ3n) is 7.34. The molecule has 0 spiro atoms. The summed E-state index contributed by atoms with van der Waals surface area (Å²) in [5, 5.41) is 17.7. The van der Waals surface area contributed by atoms with E-state index in [-0.39, 0.29) is 22.6 Å². The maximum Gasteiger partial charge on any atom is 0.278 e. The molecule has 1 saturated carbocycles. The molecule has 4 aromatic rings. The third-order valence-corrected chi connectivity index (χ3v) is 7.34. The van der Waals surface area contributed by atoms with E-state index in [0.717, 1.165) is 31.6 Å². The Bertz CT molecular complexity index is 1590. The number of aliphatic hydroxyl groups is 1. The van der Waals surface area contributed by atoms with Gasteiger partial charge in [-0.2, -0.15) is 4.98 Å². The van der Waals surface area contributed by atoms with Gasteiger partial charge < -0.3 is 15.7 Å². The van der Waals surface area contributed by atoms with Gasteiger partial charge in [0.1, 0.15) is 11.2 Å². The van der Waals surface area contributed by atoms with Crippen LogP contribution in [-0.4, -0.2) is 31.0 Å². The molecule has 2 aliphatic rings. The minimum absolute atomic E-state index is 0.0465. The van der Waals surface area contributed by atoms with Crippen LogP contribution in [0.1, 0.15) is 63.3 Å². The average molecular weight is 503 g/mol. The second-order valence-corrected chi connectivity index (χ2v) is 11.3. The summed E-state index contributed by atoms with van der Waals surface area (Å²) in [6.45, 7) is 9.26. The van der Waals surface area contributed by atoms with Crippen LogP contribution in [0, 0.1) is 5.82 Å². The molecular weight excluding hydrogens is 471 g/mol. The van der Waals surface area contributed by atoms with Crippen molar-refractivity contribution in [2.45, 2.75) is 64.1 Å². The summed E-state index contributed by atoms with van der Waals surface area (Å²) in [5.41, 5.74) is 3.05. The average Bonchev–Trinajstić information content (AvgIpc) is 3.62. The first kappa shape index (κ1) is 23.8. The van der Waals surface area contributed by atoms with Crippen molar-refractivity contribution in [2.24, 2.45) is 0 Å². The Balaban J connectivity index is 1.46. The maximum atomic E-state index is 14.6. The lowest BCUT2D eigenvalue weighted by molar-refractivity contribution is 0.0745. The van der Waals surface area contributed by atoms with Crippen molar-refractivity contribution in [1.29, 1.82) is 0 Å². The molecule has 0 amide bonds. The summed E-state index contributed by atoms with van der Waals surface area (Å²) in [7, 11) is 0. The number of anilines is 2. The number of hydrogen-bond acceptors (Lipinski definition) is 6. The number of aromatic nitrogens is 4. The molecule has 3 N–H and O–H groups in total. The maximum absolute atomic E-state index is 14.6. The molecule has 1 aliphatic carbocycles. The normalized spacial score (nSPS) is 17.1. The van der Waals surface area contributed by atoms with E-state index >= 15 is 0 Å². The van der Waals surface area contributed by atoms with Crippen LogP contribution < -0.4 is 16.2 Å². The highest BCUT2D eigenvalue weighted by Crippen LogP contribution is 2.37. The summed E-state index contributed by atoms with van der Waals surface area (Å²) in [6.07, 6.45) is 3.31. The van der Waals surface area contributed by atoms with Crippen LogP contribution in [0.3, 0.4) is 0 Å². The van der Waals surface area contributed by atoms with Gasteiger partial charge in [0.2, 0.25) is 5.95 Å². The largest absolute Gasteiger partial charge is 0.386 e. The summed E-state index contributed by atoms with van der Waals surface area (Å²) < 4.78 is 18.0. The van der Waals surface area contributed by atoms with Crippen molar-refractivity contribution in [2.75, 3.05) is 11.9 Å². The highest BCUT2D eigenvalue weighted by Gasteiger charge is 2.32. The van der Waals surface area contributed by atoms with Crippen LogP contribution in [-0.2, 0) is 17.6 Å². The van der Waals surface area contributed by atoms with Gasteiger partial charge in [-0.25, -0.2) is 18.7 Å². The minimum Gasteiger partial charge on any atom is -0.386 e. The monoisotopic (exact) mass is 502 g/mol. The predicted octanol–water partition coefficient (Wildman–Crippen LogP) is 4.41. The minimum atomic E-state index is -1.38. The molecule has 2 aromatic carbocycles. The van der Waals surface area contributed by atoms with Gasteiger partial charge in [0.15, 0.2) is 5.65 Å². The van der Waals surface area contributed by atoms with Crippen LogP contribution in [0.4, 0.5) is 16.0 Å². The molecule has 1 fully saturated rings. The second-order valence-electron chi connectivity index (χ2n) is 11.3. The topological polar surface area (TPSA) is 97.0 Å². The number of rotatable bonds is 5. The molecule has 1 aliphatic heterocycles. The first-order valence-corrected chi connectivity index (χ1v) is 12.7. The smallest absolute Gasteiger partial charge is 0.278 e. The molecule has 9 heteroatoms. The fourth-order valence-electron chi connectivity index (χ4n) is 5.28. The Hall–Kier alpha value is -3.56. The van der Waals surface area contributed by atoms with Crippen molar-refractivity contribution >= 4 is 22.7 Å². The standard InChI is InChI=1S/C28H31FN6O2/c1-27(2)15-30-13-16-11-17(5-9-21(16)27)32-26-31-14-20-24(33-26)34(35(25(20)36)18-6-7-18)19-8-10-23(29)22(12-19)28(3,4)37/h5,8-12,14,18,30,37H,6-7,13,15H2,1-4H3,(H,31,32,33). The Labute approximate surface area is 214 Å². The molecule has 0 atom stereocenters.